The van der Waals surface area contributed by atoms with Gasteiger partial charge in [0, 0.05) is 19.5 Å². The monoisotopic (exact) mass is 295 g/mol. The Kier molecular flexibility index (Phi) is 5.46. The molecule has 8 heteroatoms. The molecule has 0 fully saturated rings. The fourth-order valence-corrected chi connectivity index (χ4v) is 2.33. The number of rotatable bonds is 6. The maximum absolute atomic E-state index is 11.9. The second-order valence-electron chi connectivity index (χ2n) is 3.90. The van der Waals surface area contributed by atoms with Crippen LogP contribution in [-0.2, 0) is 0 Å². The maximum atomic E-state index is 11.9. The SMILES string of the molecule is CCNC(=O)c1sc(NCCCC(F)(F)F)cc1N. The number of halogens is 3. The Morgan fingerprint density at radius 3 is 2.74 bits per heavy atom. The third kappa shape index (κ3) is 5.37. The van der Waals surface area contributed by atoms with Crippen LogP contribution in [-0.4, -0.2) is 25.2 Å². The summed E-state index contributed by atoms with van der Waals surface area (Å²) in [5.74, 6) is -0.270. The van der Waals surface area contributed by atoms with E-state index in [0.29, 0.717) is 22.1 Å². The average molecular weight is 295 g/mol. The fraction of sp³-hybridized carbons (Fsp3) is 0.545. The van der Waals surface area contributed by atoms with Crippen molar-refractivity contribution in [2.45, 2.75) is 25.9 Å². The van der Waals surface area contributed by atoms with E-state index >= 15 is 0 Å². The molecule has 19 heavy (non-hydrogen) atoms. The molecule has 0 aromatic carbocycles. The molecular weight excluding hydrogens is 279 g/mol. The Labute approximate surface area is 113 Å². The van der Waals surface area contributed by atoms with Crippen LogP contribution in [0, 0.1) is 0 Å². The van der Waals surface area contributed by atoms with Crippen molar-refractivity contribution in [1.82, 2.24) is 5.32 Å². The van der Waals surface area contributed by atoms with Crippen molar-refractivity contribution in [3.05, 3.63) is 10.9 Å². The summed E-state index contributed by atoms with van der Waals surface area (Å²) in [5, 5.41) is 6.05. The lowest BCUT2D eigenvalue weighted by Gasteiger charge is -2.06. The molecule has 0 saturated heterocycles. The van der Waals surface area contributed by atoms with E-state index in [1.165, 1.54) is 0 Å². The molecule has 1 aromatic rings. The normalized spacial score (nSPS) is 11.4. The second-order valence-corrected chi connectivity index (χ2v) is 4.95. The molecule has 0 spiro atoms. The van der Waals surface area contributed by atoms with Crippen molar-refractivity contribution in [2.24, 2.45) is 0 Å². The van der Waals surface area contributed by atoms with Crippen molar-refractivity contribution in [3.8, 4) is 0 Å². The Morgan fingerprint density at radius 1 is 1.47 bits per heavy atom. The summed E-state index contributed by atoms with van der Waals surface area (Å²) < 4.78 is 35.8. The minimum atomic E-state index is -4.14. The molecule has 4 N–H and O–H groups in total. The van der Waals surface area contributed by atoms with Crippen molar-refractivity contribution in [2.75, 3.05) is 24.1 Å². The van der Waals surface area contributed by atoms with Crippen LogP contribution in [0.5, 0.6) is 0 Å². The van der Waals surface area contributed by atoms with Gasteiger partial charge in [-0.15, -0.1) is 11.3 Å². The molecule has 4 nitrogen and oxygen atoms in total. The molecular formula is C11H16F3N3OS. The molecule has 1 heterocycles. The minimum absolute atomic E-state index is 0.0161. The topological polar surface area (TPSA) is 67.2 Å². The number of anilines is 2. The van der Waals surface area contributed by atoms with Crippen LogP contribution in [0.4, 0.5) is 23.9 Å². The van der Waals surface area contributed by atoms with Gasteiger partial charge in [0.25, 0.3) is 5.91 Å². The van der Waals surface area contributed by atoms with Crippen molar-refractivity contribution in [3.63, 3.8) is 0 Å². The first kappa shape index (κ1) is 15.6. The molecule has 0 radical (unpaired) electrons. The zero-order valence-corrected chi connectivity index (χ0v) is 11.3. The summed E-state index contributed by atoms with van der Waals surface area (Å²) in [6.07, 6.45) is -4.98. The van der Waals surface area contributed by atoms with Gasteiger partial charge in [-0.3, -0.25) is 4.79 Å². The molecule has 0 atom stereocenters. The highest BCUT2D eigenvalue weighted by Gasteiger charge is 2.25. The zero-order chi connectivity index (χ0) is 14.5. The quantitative estimate of drug-likeness (QED) is 0.707. The predicted molar refractivity (Wildman–Crippen MR) is 70.5 cm³/mol. The molecule has 0 aliphatic carbocycles. The maximum Gasteiger partial charge on any atom is 0.389 e. The number of hydrogen-bond donors (Lipinski definition) is 3. The summed E-state index contributed by atoms with van der Waals surface area (Å²) in [4.78, 5) is 12.0. The van der Waals surface area contributed by atoms with Crippen LogP contribution in [0.2, 0.25) is 0 Å². The lowest BCUT2D eigenvalue weighted by Crippen LogP contribution is -2.22. The van der Waals surface area contributed by atoms with Gasteiger partial charge in [0.05, 0.1) is 10.7 Å². The molecule has 1 rings (SSSR count). The van der Waals surface area contributed by atoms with Gasteiger partial charge in [0.2, 0.25) is 0 Å². The van der Waals surface area contributed by atoms with E-state index in [4.69, 9.17) is 5.73 Å². The number of thiophene rings is 1. The number of carbonyl (C=O) groups is 1. The fourth-order valence-electron chi connectivity index (χ4n) is 1.41. The number of carbonyl (C=O) groups excluding carboxylic acids is 1. The lowest BCUT2D eigenvalue weighted by atomic mass is 10.3. The highest BCUT2D eigenvalue weighted by atomic mass is 32.1. The second kappa shape index (κ2) is 6.65. The van der Waals surface area contributed by atoms with Gasteiger partial charge in [-0.2, -0.15) is 13.2 Å². The van der Waals surface area contributed by atoms with Crippen LogP contribution in [0.1, 0.15) is 29.4 Å². The number of hydrogen-bond acceptors (Lipinski definition) is 4. The van der Waals surface area contributed by atoms with Crippen LogP contribution in [0.25, 0.3) is 0 Å². The Morgan fingerprint density at radius 2 is 2.16 bits per heavy atom. The molecule has 108 valence electrons. The largest absolute Gasteiger partial charge is 0.397 e. The van der Waals surface area contributed by atoms with Gasteiger partial charge >= 0.3 is 6.18 Å². The Hall–Kier alpha value is -1.44. The van der Waals surface area contributed by atoms with Crippen LogP contribution >= 0.6 is 11.3 Å². The molecule has 0 saturated carbocycles. The lowest BCUT2D eigenvalue weighted by molar-refractivity contribution is -0.134. The number of alkyl halides is 3. The zero-order valence-electron chi connectivity index (χ0n) is 10.4. The molecule has 0 aliphatic rings. The van der Waals surface area contributed by atoms with E-state index < -0.39 is 12.6 Å². The molecule has 0 aliphatic heterocycles. The van der Waals surface area contributed by atoms with E-state index in [9.17, 15) is 18.0 Å². The standard InChI is InChI=1S/C11H16F3N3OS/c1-2-16-10(18)9-7(15)6-8(19-9)17-5-3-4-11(12,13)14/h6,17H,2-5,15H2,1H3,(H,16,18). The molecule has 0 bridgehead atoms. The van der Waals surface area contributed by atoms with E-state index in [-0.39, 0.29) is 18.9 Å². The highest BCUT2D eigenvalue weighted by molar-refractivity contribution is 7.18. The van der Waals surface area contributed by atoms with Gasteiger partial charge in [-0.25, -0.2) is 0 Å². The third-order valence-corrected chi connectivity index (χ3v) is 3.35. The van der Waals surface area contributed by atoms with Crippen LogP contribution in [0.15, 0.2) is 6.07 Å². The molecule has 0 unspecified atom stereocenters. The summed E-state index contributed by atoms with van der Waals surface area (Å²) in [5.41, 5.74) is 6.00. The summed E-state index contributed by atoms with van der Waals surface area (Å²) >= 11 is 1.14. The van der Waals surface area contributed by atoms with E-state index in [1.807, 2.05) is 0 Å². The summed E-state index contributed by atoms with van der Waals surface area (Å²) in [6, 6.07) is 1.56. The predicted octanol–water partition coefficient (Wildman–Crippen LogP) is 2.83. The van der Waals surface area contributed by atoms with Gasteiger partial charge in [-0.05, 0) is 19.4 Å². The van der Waals surface area contributed by atoms with Gasteiger partial charge < -0.3 is 16.4 Å². The number of amides is 1. The third-order valence-electron chi connectivity index (χ3n) is 2.24. The smallest absolute Gasteiger partial charge is 0.389 e. The highest BCUT2D eigenvalue weighted by Crippen LogP contribution is 2.29. The van der Waals surface area contributed by atoms with Crippen LogP contribution in [0.3, 0.4) is 0 Å². The first-order valence-electron chi connectivity index (χ1n) is 5.81. The van der Waals surface area contributed by atoms with Crippen molar-refractivity contribution < 1.29 is 18.0 Å². The number of nitrogen functional groups attached to an aromatic ring is 1. The van der Waals surface area contributed by atoms with Crippen molar-refractivity contribution >= 4 is 27.9 Å². The average Bonchev–Trinajstić information content (AvgIpc) is 2.65. The van der Waals surface area contributed by atoms with Crippen LogP contribution < -0.4 is 16.4 Å². The van der Waals surface area contributed by atoms with E-state index in [2.05, 4.69) is 10.6 Å². The minimum Gasteiger partial charge on any atom is -0.397 e. The summed E-state index contributed by atoms with van der Waals surface area (Å²) in [7, 11) is 0. The van der Waals surface area contributed by atoms with E-state index in [1.54, 1.807) is 13.0 Å². The van der Waals surface area contributed by atoms with Gasteiger partial charge in [0.15, 0.2) is 0 Å². The van der Waals surface area contributed by atoms with Gasteiger partial charge in [-0.1, -0.05) is 0 Å². The number of nitrogens with two attached hydrogens (primary N) is 1. The Balaban J connectivity index is 2.48. The number of nitrogens with one attached hydrogen (secondary N) is 2. The van der Waals surface area contributed by atoms with E-state index in [0.717, 1.165) is 11.3 Å². The van der Waals surface area contributed by atoms with Gasteiger partial charge in [0.1, 0.15) is 4.88 Å². The molecule has 1 aromatic heterocycles. The van der Waals surface area contributed by atoms with Crippen molar-refractivity contribution in [1.29, 1.82) is 0 Å². The first-order valence-corrected chi connectivity index (χ1v) is 6.63. The summed E-state index contributed by atoms with van der Waals surface area (Å²) in [6.45, 7) is 2.47. The molecule has 1 amide bonds. The Bertz CT molecular complexity index is 431. The first-order chi connectivity index (χ1) is 8.83.